The van der Waals surface area contributed by atoms with Crippen molar-refractivity contribution in [2.24, 2.45) is 51.2 Å². The van der Waals surface area contributed by atoms with Crippen molar-refractivity contribution in [2.75, 3.05) is 6.61 Å². The summed E-state index contributed by atoms with van der Waals surface area (Å²) in [5, 5.41) is 40.0. The predicted octanol–water partition coefficient (Wildman–Crippen LogP) is 13.0. The van der Waals surface area contributed by atoms with E-state index in [1.165, 1.54) is 102 Å². The smallest absolute Gasteiger partial charge is 0.331 e. The molecule has 9 rings (SSSR count). The molecule has 1 aliphatic heterocycles. The van der Waals surface area contributed by atoms with Crippen molar-refractivity contribution in [1.29, 1.82) is 0 Å². The number of aliphatic hydroxyl groups is 3. The van der Waals surface area contributed by atoms with E-state index < -0.39 is 40.7 Å². The van der Waals surface area contributed by atoms with Gasteiger partial charge in [-0.15, -0.1) is 0 Å². The van der Waals surface area contributed by atoms with Crippen LogP contribution in [0.5, 0.6) is 0 Å². The lowest BCUT2D eigenvalue weighted by atomic mass is 9.37. The normalized spacial score (nSPS) is 37.3. The van der Waals surface area contributed by atoms with Crippen molar-refractivity contribution in [3.63, 3.8) is 0 Å². The monoisotopic (exact) mass is 933 g/mol. The highest BCUT2D eigenvalue weighted by molar-refractivity contribution is 5.85. The van der Waals surface area contributed by atoms with Crippen LogP contribution in [0.25, 0.3) is 0 Å². The lowest BCUT2D eigenvalue weighted by Gasteiger charge is -2.70. The number of benzene rings is 2. The zero-order chi connectivity index (χ0) is 47.8. The standard InChI is InChI=1S/C61H88O7/c1-43(17-16-20-46-18-8-5-9-19-46)23-24-52(63)61-53(64)28-33-56(4,55(61)51(68-45(3)62)37-44(2)60(61,66)36-25-47-38-54(65)67-41-47)48-26-34-57(35-27-48)39-50(59(42-57)31-14-15-32-59)40-58(29-12-7-13-30-58)49-21-10-6-11-22-49/h5-6,8-11,18-19,21-22,38,43-44,48,50-53,55,63-64,66H,7,12-17,20,23-37,39-42H2,1-4H3. The van der Waals surface area contributed by atoms with Crippen molar-refractivity contribution in [3.8, 4) is 0 Å². The Labute approximate surface area is 410 Å². The van der Waals surface area contributed by atoms with E-state index in [-0.39, 0.29) is 24.5 Å². The van der Waals surface area contributed by atoms with Gasteiger partial charge >= 0.3 is 11.9 Å². The van der Waals surface area contributed by atoms with Gasteiger partial charge in [-0.25, -0.2) is 4.79 Å². The second-order valence-electron chi connectivity index (χ2n) is 25.0. The van der Waals surface area contributed by atoms with Gasteiger partial charge in [-0.3, -0.25) is 4.79 Å². The number of rotatable bonds is 16. The van der Waals surface area contributed by atoms with Crippen molar-refractivity contribution in [3.05, 3.63) is 83.4 Å². The number of ether oxygens (including phenoxy) is 2. The molecule has 6 saturated carbocycles. The van der Waals surface area contributed by atoms with Crippen LogP contribution in [-0.4, -0.2) is 57.8 Å². The highest BCUT2D eigenvalue weighted by Crippen LogP contribution is 2.72. The Morgan fingerprint density at radius 1 is 0.853 bits per heavy atom. The summed E-state index contributed by atoms with van der Waals surface area (Å²) < 4.78 is 11.8. The van der Waals surface area contributed by atoms with Crippen molar-refractivity contribution >= 4 is 11.9 Å². The molecule has 2 spiro atoms. The largest absolute Gasteiger partial charge is 0.462 e. The van der Waals surface area contributed by atoms with Crippen LogP contribution < -0.4 is 0 Å². The Bertz CT molecular complexity index is 2040. The van der Waals surface area contributed by atoms with Gasteiger partial charge < -0.3 is 24.8 Å². The number of hydrogen-bond acceptors (Lipinski definition) is 7. The lowest BCUT2D eigenvalue weighted by Crippen LogP contribution is -2.77. The molecule has 10 unspecified atom stereocenters. The molecule has 7 nitrogen and oxygen atoms in total. The second-order valence-corrected chi connectivity index (χ2v) is 25.0. The minimum Gasteiger partial charge on any atom is -0.462 e. The van der Waals surface area contributed by atoms with Crippen LogP contribution in [0.1, 0.15) is 199 Å². The first-order valence-electron chi connectivity index (χ1n) is 27.9. The van der Waals surface area contributed by atoms with E-state index in [1.807, 2.05) is 6.92 Å². The molecule has 10 atom stereocenters. The molecule has 1 heterocycles. The van der Waals surface area contributed by atoms with Gasteiger partial charge in [0.05, 0.1) is 23.2 Å². The third-order valence-electron chi connectivity index (χ3n) is 21.3. The highest BCUT2D eigenvalue weighted by atomic mass is 16.5. The van der Waals surface area contributed by atoms with Crippen molar-refractivity contribution in [2.45, 2.75) is 224 Å². The fourth-order valence-corrected chi connectivity index (χ4v) is 18.0. The van der Waals surface area contributed by atoms with E-state index in [2.05, 4.69) is 74.5 Å². The Balaban J connectivity index is 1.01. The van der Waals surface area contributed by atoms with E-state index >= 15 is 0 Å². The molecule has 6 fully saturated rings. The summed E-state index contributed by atoms with van der Waals surface area (Å²) in [6.45, 7) is 8.41. The number of fused-ring (bicyclic) bond motifs is 1. The van der Waals surface area contributed by atoms with E-state index in [4.69, 9.17) is 9.47 Å². The summed E-state index contributed by atoms with van der Waals surface area (Å²) in [5.74, 6) is -0.128. The first-order valence-corrected chi connectivity index (χ1v) is 27.9. The fraction of sp³-hybridized carbons (Fsp3) is 0.738. The molecule has 68 heavy (non-hydrogen) atoms. The van der Waals surface area contributed by atoms with Gasteiger partial charge in [0.25, 0.3) is 0 Å². The van der Waals surface area contributed by atoms with Crippen LogP contribution >= 0.6 is 0 Å². The number of esters is 2. The lowest BCUT2D eigenvalue weighted by molar-refractivity contribution is -0.327. The quantitative estimate of drug-likeness (QED) is 0.144. The molecule has 6 aliphatic carbocycles. The topological polar surface area (TPSA) is 113 Å². The molecule has 3 N–H and O–H groups in total. The van der Waals surface area contributed by atoms with Gasteiger partial charge in [-0.1, -0.05) is 120 Å². The molecule has 2 aromatic carbocycles. The molecule has 0 saturated heterocycles. The number of aryl methyl sites for hydroxylation is 1. The van der Waals surface area contributed by atoms with Gasteiger partial charge in [-0.2, -0.15) is 0 Å². The summed E-state index contributed by atoms with van der Waals surface area (Å²) in [6, 6.07) is 22.2. The summed E-state index contributed by atoms with van der Waals surface area (Å²) in [4.78, 5) is 25.5. The Kier molecular flexibility index (Phi) is 14.9. The molecule has 374 valence electrons. The van der Waals surface area contributed by atoms with Crippen LogP contribution in [0.15, 0.2) is 72.3 Å². The fourth-order valence-electron chi connectivity index (χ4n) is 18.0. The Hall–Kier alpha value is -3.00. The predicted molar refractivity (Wildman–Crippen MR) is 269 cm³/mol. The van der Waals surface area contributed by atoms with Crippen LogP contribution in [0.4, 0.5) is 0 Å². The maximum atomic E-state index is 13.8. The summed E-state index contributed by atoms with van der Waals surface area (Å²) in [5.41, 5.74) is 1.60. The van der Waals surface area contributed by atoms with E-state index in [1.54, 1.807) is 11.6 Å². The summed E-state index contributed by atoms with van der Waals surface area (Å²) in [7, 11) is 0. The van der Waals surface area contributed by atoms with E-state index in [0.717, 1.165) is 56.4 Å². The minimum atomic E-state index is -1.49. The van der Waals surface area contributed by atoms with Crippen LogP contribution in [0.3, 0.4) is 0 Å². The van der Waals surface area contributed by atoms with Crippen LogP contribution in [-0.2, 0) is 30.9 Å². The highest BCUT2D eigenvalue weighted by Gasteiger charge is 2.74. The van der Waals surface area contributed by atoms with Crippen molar-refractivity contribution < 1.29 is 34.4 Å². The minimum absolute atomic E-state index is 0.207. The number of carbonyl (C=O) groups excluding carboxylic acids is 2. The number of aliphatic hydroxyl groups excluding tert-OH is 2. The van der Waals surface area contributed by atoms with Gasteiger partial charge in [0.2, 0.25) is 0 Å². The summed E-state index contributed by atoms with van der Waals surface area (Å²) >= 11 is 0. The molecule has 0 radical (unpaired) electrons. The Morgan fingerprint density at radius 2 is 1.53 bits per heavy atom. The number of cyclic esters (lactones) is 1. The first kappa shape index (κ1) is 50.0. The molecule has 0 aromatic heterocycles. The van der Waals surface area contributed by atoms with Crippen LogP contribution in [0.2, 0.25) is 0 Å². The SMILES string of the molecule is CC(=O)OC1CC(C)C(O)(CCC2=CC(=O)OC2)C2(C(O)CCC(C)CCCc3ccccc3)C(O)CCC(C)(C3CCC4(CC3)CC(CC3(c5ccccc5)CCCCC3)C3(CCCC3)C4)C12. The third kappa shape index (κ3) is 9.34. The maximum Gasteiger partial charge on any atom is 0.331 e. The molecule has 2 aromatic rings. The molecular weight excluding hydrogens is 845 g/mol. The average molecular weight is 933 g/mol. The molecule has 0 amide bonds. The average Bonchev–Trinajstić information content (AvgIpc) is 4.06. The second kappa shape index (κ2) is 20.2. The van der Waals surface area contributed by atoms with E-state index in [0.29, 0.717) is 60.2 Å². The zero-order valence-electron chi connectivity index (χ0n) is 42.5. The zero-order valence-corrected chi connectivity index (χ0v) is 42.5. The van der Waals surface area contributed by atoms with Crippen LogP contribution in [0, 0.1) is 51.2 Å². The van der Waals surface area contributed by atoms with E-state index in [9.17, 15) is 24.9 Å². The molecular formula is C61H88O7. The summed E-state index contributed by atoms with van der Waals surface area (Å²) in [6.07, 6.45) is 26.6. The third-order valence-corrected chi connectivity index (χ3v) is 21.3. The Morgan fingerprint density at radius 3 is 2.19 bits per heavy atom. The molecule has 7 aliphatic rings. The molecule has 7 heteroatoms. The number of carbonyl (C=O) groups is 2. The van der Waals surface area contributed by atoms with Gasteiger partial charge in [0.15, 0.2) is 0 Å². The van der Waals surface area contributed by atoms with Gasteiger partial charge in [0.1, 0.15) is 12.7 Å². The number of hydrogen-bond donors (Lipinski definition) is 3. The first-order chi connectivity index (χ1) is 32.7. The maximum absolute atomic E-state index is 13.8. The van der Waals surface area contributed by atoms with Crippen molar-refractivity contribution in [1.82, 2.24) is 0 Å². The van der Waals surface area contributed by atoms with Gasteiger partial charge in [-0.05, 0) is 190 Å². The van der Waals surface area contributed by atoms with Gasteiger partial charge in [0, 0.05) is 18.9 Å². The molecule has 0 bridgehead atoms.